The summed E-state index contributed by atoms with van der Waals surface area (Å²) in [6.07, 6.45) is -0.889. The van der Waals surface area contributed by atoms with Gasteiger partial charge in [0, 0.05) is 5.56 Å². The molecule has 14 heavy (non-hydrogen) atoms. The second kappa shape index (κ2) is 3.31. The molecule has 0 bridgehead atoms. The molecule has 0 aromatic heterocycles. The Balaban J connectivity index is 2.71. The van der Waals surface area contributed by atoms with Gasteiger partial charge in [0.2, 0.25) is 0 Å². The first-order valence-electron chi connectivity index (χ1n) is 4.41. The second-order valence-electron chi connectivity index (χ2n) is 3.27. The molecule has 1 atom stereocenters. The molecule has 2 nitrogen and oxygen atoms in total. The monoisotopic (exact) mass is 187 g/mol. The minimum Gasteiger partial charge on any atom is -0.508 e. The van der Waals surface area contributed by atoms with Crippen molar-refractivity contribution in [3.8, 4) is 5.75 Å². The van der Waals surface area contributed by atoms with Crippen molar-refractivity contribution >= 4 is 10.8 Å². The number of rotatable bonds is 1. The lowest BCUT2D eigenvalue weighted by molar-refractivity contribution is 0.221. The molecule has 0 aliphatic rings. The van der Waals surface area contributed by atoms with Gasteiger partial charge in [-0.15, -0.1) is 0 Å². The molecule has 1 radical (unpaired) electrons. The van der Waals surface area contributed by atoms with E-state index in [9.17, 15) is 10.2 Å². The molecular weight excluding hydrogens is 176 g/mol. The molecule has 2 N–H and O–H groups in total. The Kier molecular flexibility index (Phi) is 2.14. The minimum atomic E-state index is -0.889. The maximum Gasteiger partial charge on any atom is 0.122 e. The molecule has 71 valence electrons. The number of hydrogen-bond donors (Lipinski definition) is 2. The highest BCUT2D eigenvalue weighted by molar-refractivity contribution is 5.85. The molecule has 0 saturated carbocycles. The molecule has 0 amide bonds. The summed E-state index contributed by atoms with van der Waals surface area (Å²) < 4.78 is 0. The maximum absolute atomic E-state index is 9.58. The van der Waals surface area contributed by atoms with Crippen molar-refractivity contribution in [3.05, 3.63) is 48.9 Å². The van der Waals surface area contributed by atoms with E-state index in [1.54, 1.807) is 12.1 Å². The molecule has 0 saturated heterocycles. The molecule has 0 spiro atoms. The predicted molar refractivity (Wildman–Crippen MR) is 55.9 cm³/mol. The smallest absolute Gasteiger partial charge is 0.122 e. The van der Waals surface area contributed by atoms with Gasteiger partial charge in [0.1, 0.15) is 5.75 Å². The largest absolute Gasteiger partial charge is 0.508 e. The summed E-state index contributed by atoms with van der Waals surface area (Å²) in [4.78, 5) is 0. The van der Waals surface area contributed by atoms with Gasteiger partial charge in [0.15, 0.2) is 0 Å². The van der Waals surface area contributed by atoms with Gasteiger partial charge >= 0.3 is 0 Å². The van der Waals surface area contributed by atoms with Crippen molar-refractivity contribution < 1.29 is 10.2 Å². The van der Waals surface area contributed by atoms with E-state index in [0.29, 0.717) is 5.56 Å². The molecular formula is C12H11O2. The lowest BCUT2D eigenvalue weighted by Gasteiger charge is -2.08. The number of benzene rings is 2. The van der Waals surface area contributed by atoms with Gasteiger partial charge in [-0.05, 0) is 29.8 Å². The highest BCUT2D eigenvalue weighted by Crippen LogP contribution is 2.28. The highest BCUT2D eigenvalue weighted by Gasteiger charge is 2.08. The van der Waals surface area contributed by atoms with Crippen LogP contribution in [0.4, 0.5) is 0 Å². The van der Waals surface area contributed by atoms with Gasteiger partial charge in [-0.25, -0.2) is 0 Å². The standard InChI is InChI=1S/C12H11O2/c1-8(13)11-6-9-4-2-3-5-10(9)7-12(11)14/h2-8,13-14H,1H2. The van der Waals surface area contributed by atoms with Crippen LogP contribution in [-0.4, -0.2) is 10.2 Å². The SMILES string of the molecule is [CH2]C(O)c1cc2ccccc2cc1O. The van der Waals surface area contributed by atoms with E-state index in [1.807, 2.05) is 24.3 Å². The van der Waals surface area contributed by atoms with E-state index in [1.165, 1.54) is 0 Å². The number of aliphatic hydroxyl groups excluding tert-OH is 1. The van der Waals surface area contributed by atoms with Crippen LogP contribution in [-0.2, 0) is 0 Å². The van der Waals surface area contributed by atoms with Crippen LogP contribution in [0.3, 0.4) is 0 Å². The first-order chi connectivity index (χ1) is 6.68. The normalized spacial score (nSPS) is 13.0. The maximum atomic E-state index is 9.58. The molecule has 1 unspecified atom stereocenters. The number of fused-ring (bicyclic) bond motifs is 1. The topological polar surface area (TPSA) is 40.5 Å². The fraction of sp³-hybridized carbons (Fsp3) is 0.0833. The molecule has 2 aromatic carbocycles. The van der Waals surface area contributed by atoms with Crippen LogP contribution >= 0.6 is 0 Å². The second-order valence-corrected chi connectivity index (χ2v) is 3.27. The van der Waals surface area contributed by atoms with Crippen molar-refractivity contribution in [2.75, 3.05) is 0 Å². The Morgan fingerprint density at radius 2 is 1.64 bits per heavy atom. The Labute approximate surface area is 82.4 Å². The Morgan fingerprint density at radius 3 is 2.21 bits per heavy atom. The van der Waals surface area contributed by atoms with E-state index in [4.69, 9.17) is 0 Å². The first-order valence-corrected chi connectivity index (χ1v) is 4.41. The zero-order chi connectivity index (χ0) is 10.1. The van der Waals surface area contributed by atoms with Gasteiger partial charge < -0.3 is 10.2 Å². The molecule has 0 aliphatic heterocycles. The van der Waals surface area contributed by atoms with Crippen LogP contribution in [0, 0.1) is 6.92 Å². The summed E-state index contributed by atoms with van der Waals surface area (Å²) >= 11 is 0. The van der Waals surface area contributed by atoms with E-state index in [2.05, 4.69) is 6.92 Å². The lowest BCUT2D eigenvalue weighted by atomic mass is 10.0. The number of aromatic hydroxyl groups is 1. The fourth-order valence-corrected chi connectivity index (χ4v) is 1.51. The number of phenols is 1. The summed E-state index contributed by atoms with van der Waals surface area (Å²) in [5.41, 5.74) is 0.462. The molecule has 2 heteroatoms. The van der Waals surface area contributed by atoms with Crippen LogP contribution in [0.15, 0.2) is 36.4 Å². The van der Waals surface area contributed by atoms with Crippen LogP contribution in [0.1, 0.15) is 11.7 Å². The molecule has 0 aliphatic carbocycles. The van der Waals surface area contributed by atoms with Crippen molar-refractivity contribution in [2.45, 2.75) is 6.10 Å². The van der Waals surface area contributed by atoms with Crippen molar-refractivity contribution in [2.24, 2.45) is 0 Å². The minimum absolute atomic E-state index is 0.0891. The van der Waals surface area contributed by atoms with Gasteiger partial charge in [0.25, 0.3) is 0 Å². The van der Waals surface area contributed by atoms with Crippen LogP contribution < -0.4 is 0 Å². The number of aliphatic hydroxyl groups is 1. The average molecular weight is 187 g/mol. The van der Waals surface area contributed by atoms with Gasteiger partial charge in [-0.3, -0.25) is 0 Å². The van der Waals surface area contributed by atoms with Gasteiger partial charge in [-0.1, -0.05) is 24.3 Å². The third-order valence-electron chi connectivity index (χ3n) is 2.25. The van der Waals surface area contributed by atoms with Gasteiger partial charge in [-0.2, -0.15) is 0 Å². The summed E-state index contributed by atoms with van der Waals surface area (Å²) in [6.45, 7) is 3.47. The molecule has 0 heterocycles. The zero-order valence-electron chi connectivity index (χ0n) is 7.64. The molecule has 2 rings (SSSR count). The summed E-state index contributed by atoms with van der Waals surface area (Å²) in [5.74, 6) is 0.0891. The number of hydrogen-bond acceptors (Lipinski definition) is 2. The van der Waals surface area contributed by atoms with E-state index >= 15 is 0 Å². The predicted octanol–water partition coefficient (Wildman–Crippen LogP) is 2.41. The Hall–Kier alpha value is -1.54. The number of phenolic OH excluding ortho intramolecular Hbond substituents is 1. The summed E-state index contributed by atoms with van der Waals surface area (Å²) in [5, 5.41) is 20.8. The van der Waals surface area contributed by atoms with Crippen molar-refractivity contribution in [1.82, 2.24) is 0 Å². The van der Waals surface area contributed by atoms with Crippen LogP contribution in [0.2, 0.25) is 0 Å². The molecule has 0 fully saturated rings. The fourth-order valence-electron chi connectivity index (χ4n) is 1.51. The Morgan fingerprint density at radius 1 is 1.07 bits per heavy atom. The summed E-state index contributed by atoms with van der Waals surface area (Å²) in [6, 6.07) is 11.1. The van der Waals surface area contributed by atoms with E-state index in [-0.39, 0.29) is 5.75 Å². The lowest BCUT2D eigenvalue weighted by Crippen LogP contribution is -1.91. The quantitative estimate of drug-likeness (QED) is 0.719. The molecule has 2 aromatic rings. The van der Waals surface area contributed by atoms with E-state index in [0.717, 1.165) is 10.8 Å². The average Bonchev–Trinajstić information content (AvgIpc) is 2.16. The van der Waals surface area contributed by atoms with Gasteiger partial charge in [0.05, 0.1) is 6.10 Å². The summed E-state index contributed by atoms with van der Waals surface area (Å²) in [7, 11) is 0. The first kappa shape index (κ1) is 9.03. The van der Waals surface area contributed by atoms with E-state index < -0.39 is 6.10 Å². The van der Waals surface area contributed by atoms with Crippen LogP contribution in [0.25, 0.3) is 10.8 Å². The van der Waals surface area contributed by atoms with Crippen molar-refractivity contribution in [1.29, 1.82) is 0 Å². The third kappa shape index (κ3) is 1.44. The Bertz CT molecular complexity index is 461. The van der Waals surface area contributed by atoms with Crippen LogP contribution in [0.5, 0.6) is 5.75 Å². The zero-order valence-corrected chi connectivity index (χ0v) is 7.64. The third-order valence-corrected chi connectivity index (χ3v) is 2.25. The van der Waals surface area contributed by atoms with Crippen molar-refractivity contribution in [3.63, 3.8) is 0 Å². The highest BCUT2D eigenvalue weighted by atomic mass is 16.3.